The molecule has 0 bridgehead atoms. The standard InChI is InChI=1S/C28H38N4O4S3/c29-39(34,35)24-14-12-22(13-15-24)27-25(36-31-28(27)23-9-5-4-6-10-23)11-7-2-1-3-8-17-32(18-20-38)21-26(33)30-16-19-37/h4-6,9-10,12-15,37-38H,1-3,7-8,11,16-21H2,(H,30,33)(H2,29,34,35). The van der Waals surface area contributed by atoms with E-state index in [9.17, 15) is 13.2 Å². The number of hydrogen-bond acceptors (Lipinski definition) is 8. The Labute approximate surface area is 242 Å². The van der Waals surface area contributed by atoms with Crippen LogP contribution < -0.4 is 10.5 Å². The maximum atomic E-state index is 12.0. The van der Waals surface area contributed by atoms with Crippen molar-refractivity contribution in [3.05, 3.63) is 60.4 Å². The maximum Gasteiger partial charge on any atom is 0.238 e. The number of hydrogen-bond donors (Lipinski definition) is 4. The minimum Gasteiger partial charge on any atom is -0.360 e. The van der Waals surface area contributed by atoms with Crippen molar-refractivity contribution in [2.45, 2.75) is 43.4 Å². The van der Waals surface area contributed by atoms with Crippen molar-refractivity contribution >= 4 is 41.2 Å². The molecule has 0 aliphatic heterocycles. The highest BCUT2D eigenvalue weighted by Gasteiger charge is 2.20. The van der Waals surface area contributed by atoms with Gasteiger partial charge < -0.3 is 9.84 Å². The molecule has 1 aromatic heterocycles. The van der Waals surface area contributed by atoms with Crippen molar-refractivity contribution in [1.29, 1.82) is 0 Å². The number of rotatable bonds is 17. The largest absolute Gasteiger partial charge is 0.360 e. The van der Waals surface area contributed by atoms with E-state index in [1.165, 1.54) is 12.1 Å². The van der Waals surface area contributed by atoms with Gasteiger partial charge >= 0.3 is 0 Å². The van der Waals surface area contributed by atoms with E-state index in [2.05, 4.69) is 40.6 Å². The van der Waals surface area contributed by atoms with Gasteiger partial charge in [-0.15, -0.1) is 0 Å². The molecule has 0 unspecified atom stereocenters. The van der Waals surface area contributed by atoms with E-state index < -0.39 is 10.0 Å². The Kier molecular flexibility index (Phi) is 12.9. The first-order valence-corrected chi connectivity index (χ1v) is 16.0. The number of nitrogens with one attached hydrogen (secondary N) is 1. The first kappa shape index (κ1) is 31.2. The number of aryl methyl sites for hydroxylation is 1. The minimum atomic E-state index is -3.77. The predicted octanol–water partition coefficient (Wildman–Crippen LogP) is 4.43. The SMILES string of the molecule is NS(=O)(=O)c1ccc(-c2c(-c3ccccc3)noc2CCCCCCCN(CCS)CC(=O)NCCS)cc1. The molecular weight excluding hydrogens is 553 g/mol. The zero-order valence-electron chi connectivity index (χ0n) is 22.1. The number of benzene rings is 2. The first-order chi connectivity index (χ1) is 18.8. The van der Waals surface area contributed by atoms with Gasteiger partial charge in [-0.1, -0.05) is 66.9 Å². The lowest BCUT2D eigenvalue weighted by molar-refractivity contribution is -0.122. The average Bonchev–Trinajstić information content (AvgIpc) is 3.35. The average molecular weight is 591 g/mol. The van der Waals surface area contributed by atoms with Crippen LogP contribution in [0.25, 0.3) is 22.4 Å². The molecule has 8 nitrogen and oxygen atoms in total. The summed E-state index contributed by atoms with van der Waals surface area (Å²) < 4.78 is 29.2. The summed E-state index contributed by atoms with van der Waals surface area (Å²) in [5.74, 6) is 2.16. The van der Waals surface area contributed by atoms with Gasteiger partial charge in [0.2, 0.25) is 15.9 Å². The van der Waals surface area contributed by atoms with Crippen LogP contribution in [-0.2, 0) is 21.2 Å². The molecule has 39 heavy (non-hydrogen) atoms. The molecular formula is C28H38N4O4S3. The van der Waals surface area contributed by atoms with E-state index in [-0.39, 0.29) is 10.8 Å². The molecule has 0 aliphatic rings. The highest BCUT2D eigenvalue weighted by atomic mass is 32.2. The van der Waals surface area contributed by atoms with E-state index in [1.54, 1.807) is 12.1 Å². The Balaban J connectivity index is 1.56. The summed E-state index contributed by atoms with van der Waals surface area (Å²) in [4.78, 5) is 14.2. The van der Waals surface area contributed by atoms with Gasteiger partial charge in [0.1, 0.15) is 11.5 Å². The molecule has 0 spiro atoms. The lowest BCUT2D eigenvalue weighted by Crippen LogP contribution is -2.39. The number of carbonyl (C=O) groups is 1. The summed E-state index contributed by atoms with van der Waals surface area (Å²) in [6.45, 7) is 2.63. The number of primary sulfonamides is 1. The molecule has 0 radical (unpaired) electrons. The number of amides is 1. The molecule has 0 atom stereocenters. The Bertz CT molecular complexity index is 1270. The third-order valence-corrected chi connectivity index (χ3v) is 7.73. The van der Waals surface area contributed by atoms with Gasteiger partial charge in [-0.05, 0) is 37.1 Å². The molecule has 3 aromatic rings. The van der Waals surface area contributed by atoms with Crippen molar-refractivity contribution in [3.8, 4) is 22.4 Å². The van der Waals surface area contributed by atoms with Crippen LogP contribution in [0.5, 0.6) is 0 Å². The van der Waals surface area contributed by atoms with Gasteiger partial charge in [-0.2, -0.15) is 25.3 Å². The maximum absolute atomic E-state index is 12.0. The Morgan fingerprint density at radius 3 is 2.26 bits per heavy atom. The minimum absolute atomic E-state index is 0.0304. The number of aromatic nitrogens is 1. The van der Waals surface area contributed by atoms with Crippen molar-refractivity contribution in [3.63, 3.8) is 0 Å². The van der Waals surface area contributed by atoms with Crippen LogP contribution in [0.15, 0.2) is 64.0 Å². The second-order valence-corrected chi connectivity index (χ2v) is 11.8. The van der Waals surface area contributed by atoms with Gasteiger partial charge in [-0.3, -0.25) is 9.69 Å². The molecule has 2 aromatic carbocycles. The van der Waals surface area contributed by atoms with Crippen LogP contribution in [0.1, 0.15) is 37.9 Å². The molecule has 1 amide bonds. The molecule has 3 N–H and O–H groups in total. The fourth-order valence-electron chi connectivity index (χ4n) is 4.41. The smallest absolute Gasteiger partial charge is 0.238 e. The van der Waals surface area contributed by atoms with Gasteiger partial charge in [0.25, 0.3) is 0 Å². The second kappa shape index (κ2) is 16.1. The van der Waals surface area contributed by atoms with E-state index in [1.807, 2.05) is 30.3 Å². The number of nitrogens with zero attached hydrogens (tertiary/aromatic N) is 2. The predicted molar refractivity (Wildman–Crippen MR) is 163 cm³/mol. The van der Waals surface area contributed by atoms with Crippen molar-refractivity contribution in [2.75, 3.05) is 37.7 Å². The number of unbranched alkanes of at least 4 members (excludes halogenated alkanes) is 4. The van der Waals surface area contributed by atoms with Crippen LogP contribution in [0, 0.1) is 0 Å². The highest BCUT2D eigenvalue weighted by molar-refractivity contribution is 7.89. The van der Waals surface area contributed by atoms with E-state index >= 15 is 0 Å². The zero-order chi connectivity index (χ0) is 28.1. The zero-order valence-corrected chi connectivity index (χ0v) is 24.7. The molecule has 3 rings (SSSR count). The second-order valence-electron chi connectivity index (χ2n) is 9.36. The number of nitrogens with two attached hydrogens (primary N) is 1. The lowest BCUT2D eigenvalue weighted by atomic mass is 9.97. The molecule has 212 valence electrons. The first-order valence-electron chi connectivity index (χ1n) is 13.2. The fraction of sp³-hybridized carbons (Fsp3) is 0.429. The number of sulfonamides is 1. The van der Waals surface area contributed by atoms with Crippen LogP contribution >= 0.6 is 25.3 Å². The normalized spacial score (nSPS) is 11.7. The summed E-state index contributed by atoms with van der Waals surface area (Å²) >= 11 is 8.45. The monoisotopic (exact) mass is 590 g/mol. The molecule has 1 heterocycles. The third kappa shape index (κ3) is 9.99. The van der Waals surface area contributed by atoms with E-state index in [0.29, 0.717) is 18.8 Å². The third-order valence-electron chi connectivity index (χ3n) is 6.38. The Hall–Kier alpha value is -2.31. The Morgan fingerprint density at radius 2 is 1.59 bits per heavy atom. The van der Waals surface area contributed by atoms with Crippen LogP contribution in [0.3, 0.4) is 0 Å². The summed E-state index contributed by atoms with van der Waals surface area (Å²) in [6, 6.07) is 16.3. The van der Waals surface area contributed by atoms with Gasteiger partial charge in [0, 0.05) is 36.6 Å². The molecule has 0 fully saturated rings. The lowest BCUT2D eigenvalue weighted by Gasteiger charge is -2.20. The van der Waals surface area contributed by atoms with Crippen LogP contribution in [-0.4, -0.2) is 62.1 Å². The van der Waals surface area contributed by atoms with Crippen molar-refractivity contribution in [1.82, 2.24) is 15.4 Å². The number of thiol groups is 2. The van der Waals surface area contributed by atoms with Crippen LogP contribution in [0.2, 0.25) is 0 Å². The van der Waals surface area contributed by atoms with Gasteiger partial charge in [-0.25, -0.2) is 13.6 Å². The Morgan fingerprint density at radius 1 is 0.897 bits per heavy atom. The summed E-state index contributed by atoms with van der Waals surface area (Å²) in [5, 5.41) is 12.5. The van der Waals surface area contributed by atoms with Gasteiger partial charge in [0.05, 0.1) is 17.0 Å². The van der Waals surface area contributed by atoms with E-state index in [0.717, 1.165) is 85.5 Å². The molecule has 0 aliphatic carbocycles. The summed E-state index contributed by atoms with van der Waals surface area (Å²) in [5.41, 5.74) is 3.38. The topological polar surface area (TPSA) is 119 Å². The number of carbonyl (C=O) groups excluding carboxylic acids is 1. The summed E-state index contributed by atoms with van der Waals surface area (Å²) in [7, 11) is -3.77. The highest BCUT2D eigenvalue weighted by Crippen LogP contribution is 2.35. The van der Waals surface area contributed by atoms with E-state index in [4.69, 9.17) is 9.66 Å². The summed E-state index contributed by atoms with van der Waals surface area (Å²) in [6.07, 6.45) is 5.89. The fourth-order valence-corrected chi connectivity index (χ4v) is 5.32. The van der Waals surface area contributed by atoms with Crippen molar-refractivity contribution in [2.24, 2.45) is 5.14 Å². The molecule has 11 heteroatoms. The molecule has 0 saturated carbocycles. The molecule has 0 saturated heterocycles. The quantitative estimate of drug-likeness (QED) is 0.137. The van der Waals surface area contributed by atoms with Gasteiger partial charge in [0.15, 0.2) is 0 Å². The van der Waals surface area contributed by atoms with Crippen molar-refractivity contribution < 1.29 is 17.7 Å². The van der Waals surface area contributed by atoms with Crippen LogP contribution in [0.4, 0.5) is 0 Å².